The number of amides is 3. The van der Waals surface area contributed by atoms with Gasteiger partial charge in [-0.05, 0) is 25.0 Å². The summed E-state index contributed by atoms with van der Waals surface area (Å²) in [5, 5.41) is 26.1. The minimum absolute atomic E-state index is 0.152. The number of aliphatic hydroxyl groups is 2. The maximum Gasteiger partial charge on any atom is 0.408 e. The standard InChI is InChI=1S/C23H29F3N6O5/c1-2-18(23(24,25)26)29-21(35)16-3-4-17-20(28-16)32(13-6-8-31(17)10-13)22(36)30-19-9-15(5-7-27-19)37-12-14(34)11-33/h3-5,7,9,13-14,16,18,28,33-34H,2,6,8,10-12H2,1H3,(H,29,35)(H,27,30,36)/t13-,14+,16?,18+/m0/s1. The highest BCUT2D eigenvalue weighted by Crippen LogP contribution is 2.34. The Hall–Kier alpha value is -3.52. The van der Waals surface area contributed by atoms with Gasteiger partial charge in [-0.25, -0.2) is 9.78 Å². The van der Waals surface area contributed by atoms with Gasteiger partial charge in [0.1, 0.15) is 42.2 Å². The first-order valence-corrected chi connectivity index (χ1v) is 11.9. The van der Waals surface area contributed by atoms with Crippen LogP contribution in [0.25, 0.3) is 0 Å². The molecule has 1 aromatic heterocycles. The third-order valence-electron chi connectivity index (χ3n) is 6.33. The summed E-state index contributed by atoms with van der Waals surface area (Å²) in [6.45, 7) is 1.97. The van der Waals surface area contributed by atoms with Gasteiger partial charge < -0.3 is 30.5 Å². The number of pyridine rings is 1. The number of hydrogen-bond donors (Lipinski definition) is 5. The Labute approximate surface area is 211 Å². The summed E-state index contributed by atoms with van der Waals surface area (Å²) in [6.07, 6.45) is -0.750. The molecule has 4 heterocycles. The van der Waals surface area contributed by atoms with Crippen LogP contribution in [0.1, 0.15) is 19.8 Å². The zero-order chi connectivity index (χ0) is 26.7. The molecule has 1 unspecified atom stereocenters. The second-order valence-corrected chi connectivity index (χ2v) is 8.94. The summed E-state index contributed by atoms with van der Waals surface area (Å²) in [5.41, 5.74) is 0.666. The summed E-state index contributed by atoms with van der Waals surface area (Å²) in [7, 11) is 0. The predicted octanol–water partition coefficient (Wildman–Crippen LogP) is 0.890. The number of nitrogens with zero attached hydrogens (tertiary/aromatic N) is 3. The lowest BCUT2D eigenvalue weighted by Gasteiger charge is -2.41. The molecule has 5 N–H and O–H groups in total. The van der Waals surface area contributed by atoms with Crippen molar-refractivity contribution >= 4 is 17.8 Å². The molecule has 0 spiro atoms. The van der Waals surface area contributed by atoms with Gasteiger partial charge in [-0.15, -0.1) is 0 Å². The van der Waals surface area contributed by atoms with Gasteiger partial charge >= 0.3 is 12.2 Å². The number of halogens is 3. The molecule has 1 aromatic rings. The number of fused-ring (bicyclic) bond motifs is 3. The number of aliphatic hydroxyl groups excluding tert-OH is 2. The summed E-state index contributed by atoms with van der Waals surface area (Å²) in [6, 6.07) is -0.861. The van der Waals surface area contributed by atoms with Crippen molar-refractivity contribution in [2.24, 2.45) is 0 Å². The number of dihydropyridines is 1. The van der Waals surface area contributed by atoms with Crippen molar-refractivity contribution in [2.75, 3.05) is 31.6 Å². The average molecular weight is 527 g/mol. The van der Waals surface area contributed by atoms with Crippen molar-refractivity contribution < 1.29 is 37.7 Å². The highest BCUT2D eigenvalue weighted by molar-refractivity contribution is 5.91. The van der Waals surface area contributed by atoms with Gasteiger partial charge in [0.05, 0.1) is 18.3 Å². The number of ether oxygens (including phenoxy) is 1. The zero-order valence-corrected chi connectivity index (χ0v) is 20.0. The maximum absolute atomic E-state index is 13.4. The van der Waals surface area contributed by atoms with Crippen LogP contribution < -0.4 is 20.7 Å². The number of alkyl halides is 3. The molecule has 0 aliphatic carbocycles. The summed E-state index contributed by atoms with van der Waals surface area (Å²) in [4.78, 5) is 33.7. The van der Waals surface area contributed by atoms with Crippen molar-refractivity contribution in [2.45, 2.75) is 50.2 Å². The third kappa shape index (κ3) is 5.91. The van der Waals surface area contributed by atoms with Crippen LogP contribution in [-0.4, -0.2) is 93.6 Å². The lowest BCUT2D eigenvalue weighted by Crippen LogP contribution is -2.57. The van der Waals surface area contributed by atoms with Crippen LogP contribution >= 0.6 is 0 Å². The van der Waals surface area contributed by atoms with E-state index in [1.54, 1.807) is 6.08 Å². The van der Waals surface area contributed by atoms with Crippen LogP contribution in [-0.2, 0) is 4.79 Å². The molecule has 0 radical (unpaired) electrons. The fourth-order valence-corrected chi connectivity index (χ4v) is 4.42. The van der Waals surface area contributed by atoms with E-state index >= 15 is 0 Å². The van der Waals surface area contributed by atoms with E-state index in [4.69, 9.17) is 9.84 Å². The number of aromatic nitrogens is 1. The van der Waals surface area contributed by atoms with Crippen LogP contribution in [0.4, 0.5) is 23.8 Å². The topological polar surface area (TPSA) is 139 Å². The van der Waals surface area contributed by atoms with E-state index in [9.17, 15) is 27.9 Å². The molecule has 1 fully saturated rings. The van der Waals surface area contributed by atoms with Crippen molar-refractivity contribution in [1.29, 1.82) is 0 Å². The number of anilines is 1. The fourth-order valence-electron chi connectivity index (χ4n) is 4.42. The number of carbonyl (C=O) groups excluding carboxylic acids is 2. The molecular formula is C23H29F3N6O5. The molecule has 2 bridgehead atoms. The van der Waals surface area contributed by atoms with Gasteiger partial charge in [0.2, 0.25) is 5.91 Å². The highest BCUT2D eigenvalue weighted by Gasteiger charge is 2.44. The van der Waals surface area contributed by atoms with E-state index in [0.717, 1.165) is 0 Å². The first-order chi connectivity index (χ1) is 17.6. The van der Waals surface area contributed by atoms with Crippen LogP contribution in [0, 0.1) is 0 Å². The van der Waals surface area contributed by atoms with Gasteiger partial charge in [-0.1, -0.05) is 13.0 Å². The van der Waals surface area contributed by atoms with E-state index in [-0.39, 0.29) is 24.9 Å². The van der Waals surface area contributed by atoms with Gasteiger partial charge in [0, 0.05) is 25.4 Å². The predicted molar refractivity (Wildman–Crippen MR) is 125 cm³/mol. The third-order valence-corrected chi connectivity index (χ3v) is 6.33. The van der Waals surface area contributed by atoms with Gasteiger partial charge in [0.15, 0.2) is 0 Å². The monoisotopic (exact) mass is 526 g/mol. The molecule has 3 aliphatic heterocycles. The summed E-state index contributed by atoms with van der Waals surface area (Å²) in [5.74, 6) is -0.0431. The van der Waals surface area contributed by atoms with Gasteiger partial charge in [-0.3, -0.25) is 15.0 Å². The maximum atomic E-state index is 13.4. The molecule has 11 nitrogen and oxygen atoms in total. The number of hydrogen-bond acceptors (Lipinski definition) is 8. The van der Waals surface area contributed by atoms with Crippen molar-refractivity contribution in [3.8, 4) is 5.75 Å². The Bertz CT molecular complexity index is 1080. The number of urea groups is 1. The molecule has 202 valence electrons. The van der Waals surface area contributed by atoms with Crippen molar-refractivity contribution in [3.63, 3.8) is 0 Å². The van der Waals surface area contributed by atoms with Crippen LogP contribution in [0.15, 0.2) is 42.0 Å². The molecule has 3 aliphatic rings. The smallest absolute Gasteiger partial charge is 0.408 e. The van der Waals surface area contributed by atoms with E-state index < -0.39 is 42.9 Å². The molecule has 37 heavy (non-hydrogen) atoms. The first-order valence-electron chi connectivity index (χ1n) is 11.9. The lowest BCUT2D eigenvalue weighted by molar-refractivity contribution is -0.162. The Morgan fingerprint density at radius 3 is 2.86 bits per heavy atom. The fraction of sp³-hybridized carbons (Fsp3) is 0.522. The van der Waals surface area contributed by atoms with Crippen molar-refractivity contribution in [3.05, 3.63) is 42.0 Å². The Morgan fingerprint density at radius 2 is 2.16 bits per heavy atom. The average Bonchev–Trinajstić information content (AvgIpc) is 3.28. The zero-order valence-electron chi connectivity index (χ0n) is 20.0. The van der Waals surface area contributed by atoms with Crippen LogP contribution in [0.2, 0.25) is 0 Å². The molecule has 4 rings (SSSR count). The minimum Gasteiger partial charge on any atom is -0.491 e. The van der Waals surface area contributed by atoms with E-state index in [1.165, 1.54) is 36.2 Å². The normalized spacial score (nSPS) is 22.2. The van der Waals surface area contributed by atoms with Crippen LogP contribution in [0.3, 0.4) is 0 Å². The van der Waals surface area contributed by atoms with E-state index in [1.807, 2.05) is 10.2 Å². The second kappa shape index (κ2) is 10.8. The molecule has 0 saturated carbocycles. The number of carbonyl (C=O) groups is 2. The Kier molecular flexibility index (Phi) is 7.78. The molecule has 4 atom stereocenters. The molecule has 3 amide bonds. The number of allylic oxidation sites excluding steroid dienone is 1. The Morgan fingerprint density at radius 1 is 1.38 bits per heavy atom. The quantitative estimate of drug-likeness (QED) is 0.337. The van der Waals surface area contributed by atoms with Gasteiger partial charge in [-0.2, -0.15) is 13.2 Å². The Balaban J connectivity index is 1.49. The number of nitrogens with one attached hydrogen (secondary N) is 3. The molecule has 1 saturated heterocycles. The molecule has 14 heteroatoms. The second-order valence-electron chi connectivity index (χ2n) is 8.94. The molecular weight excluding hydrogens is 497 g/mol. The van der Waals surface area contributed by atoms with E-state index in [0.29, 0.717) is 36.8 Å². The van der Waals surface area contributed by atoms with Crippen LogP contribution in [0.5, 0.6) is 5.75 Å². The minimum atomic E-state index is -4.57. The van der Waals surface area contributed by atoms with Crippen molar-refractivity contribution in [1.82, 2.24) is 25.4 Å². The SMILES string of the molecule is CC[C@@H](NC(=O)C1C=CC2=C(N1)N(C(=O)Nc1cc(OC[C@H](O)CO)ccn1)[C@H]1CCN2C1)C(F)(F)F. The summed E-state index contributed by atoms with van der Waals surface area (Å²) < 4.78 is 44.9. The lowest BCUT2D eigenvalue weighted by atomic mass is 10.1. The van der Waals surface area contributed by atoms with Gasteiger partial charge in [0.25, 0.3) is 0 Å². The number of rotatable bonds is 8. The largest absolute Gasteiger partial charge is 0.491 e. The van der Waals surface area contributed by atoms with E-state index in [2.05, 4.69) is 15.6 Å². The summed E-state index contributed by atoms with van der Waals surface area (Å²) >= 11 is 0. The molecule has 0 aromatic carbocycles. The highest BCUT2D eigenvalue weighted by atomic mass is 19.4. The first kappa shape index (κ1) is 26.5.